The average molecular weight is 198 g/mol. The van der Waals surface area contributed by atoms with Crippen LogP contribution in [0.4, 0.5) is 0 Å². The van der Waals surface area contributed by atoms with Gasteiger partial charge >= 0.3 is 0 Å². The number of Topliss-reactive ketones (excluding diaryl/α,β-unsaturated/α-hetero) is 2. The molecule has 82 valence electrons. The number of unbranched alkanes of at least 4 members (excludes halogenated alkanes) is 2. The highest BCUT2D eigenvalue weighted by Crippen LogP contribution is 2.11. The molecule has 14 heavy (non-hydrogen) atoms. The molecule has 0 spiro atoms. The van der Waals surface area contributed by atoms with E-state index in [4.69, 9.17) is 0 Å². The lowest BCUT2D eigenvalue weighted by Crippen LogP contribution is -1.87. The molecule has 0 aromatic carbocycles. The zero-order valence-electron chi connectivity index (χ0n) is 9.47. The summed E-state index contributed by atoms with van der Waals surface area (Å²) in [6, 6.07) is 0. The van der Waals surface area contributed by atoms with Gasteiger partial charge in [-0.05, 0) is 26.2 Å². The number of carbonyl (C=O) groups excluding carboxylic acids is 2. The second-order valence-corrected chi connectivity index (χ2v) is 3.90. The van der Waals surface area contributed by atoms with Crippen LogP contribution in [0.3, 0.4) is 0 Å². The summed E-state index contributed by atoms with van der Waals surface area (Å²) in [5.74, 6) is 0.772. The highest BCUT2D eigenvalue weighted by atomic mass is 16.1. The van der Waals surface area contributed by atoms with E-state index in [0.717, 1.165) is 38.5 Å². The molecule has 0 unspecified atom stereocenters. The predicted molar refractivity (Wildman–Crippen MR) is 58.3 cm³/mol. The predicted octanol–water partition coefficient (Wildman–Crippen LogP) is 3.29. The number of carbonyl (C=O) groups is 2. The molecule has 0 heterocycles. The van der Waals surface area contributed by atoms with Gasteiger partial charge in [-0.1, -0.05) is 19.8 Å². The second-order valence-electron chi connectivity index (χ2n) is 3.90. The number of hydrogen-bond donors (Lipinski definition) is 0. The number of ketones is 2. The first kappa shape index (κ1) is 13.3. The van der Waals surface area contributed by atoms with Crippen LogP contribution in [0, 0.1) is 0 Å². The fourth-order valence-electron chi connectivity index (χ4n) is 1.39. The van der Waals surface area contributed by atoms with Gasteiger partial charge in [-0.3, -0.25) is 4.79 Å². The van der Waals surface area contributed by atoms with E-state index in [-0.39, 0.29) is 0 Å². The Morgan fingerprint density at radius 1 is 1.21 bits per heavy atom. The van der Waals surface area contributed by atoms with Crippen LogP contribution in [0.15, 0.2) is 0 Å². The quantitative estimate of drug-likeness (QED) is 0.650. The van der Waals surface area contributed by atoms with Gasteiger partial charge in [-0.25, -0.2) is 0 Å². The molecule has 1 saturated carbocycles. The molecule has 1 rings (SSSR count). The lowest BCUT2D eigenvalue weighted by Gasteiger charge is -1.90. The molecule has 0 bridgehead atoms. The molecule has 2 nitrogen and oxygen atoms in total. The standard InChI is InChI=1S/C7H14O.C5H8O/c1-3-4-5-6-7(2)8;6-5-3-1-2-4-5/h3-6H2,1-2H3;1-4H2. The van der Waals surface area contributed by atoms with E-state index < -0.39 is 0 Å². The number of hydrogen-bond acceptors (Lipinski definition) is 2. The van der Waals surface area contributed by atoms with Crippen LogP contribution in [0.25, 0.3) is 0 Å². The molecular weight excluding hydrogens is 176 g/mol. The van der Waals surface area contributed by atoms with Crippen LogP contribution in [-0.4, -0.2) is 11.6 Å². The first-order valence-electron chi connectivity index (χ1n) is 5.68. The van der Waals surface area contributed by atoms with Crippen LogP contribution >= 0.6 is 0 Å². The third kappa shape index (κ3) is 9.43. The van der Waals surface area contributed by atoms with Crippen molar-refractivity contribution in [2.24, 2.45) is 0 Å². The third-order valence-electron chi connectivity index (χ3n) is 2.29. The average Bonchev–Trinajstić information content (AvgIpc) is 2.57. The Kier molecular flexibility index (Phi) is 8.50. The van der Waals surface area contributed by atoms with Gasteiger partial charge < -0.3 is 4.79 Å². The van der Waals surface area contributed by atoms with Crippen molar-refractivity contribution in [2.45, 2.75) is 65.2 Å². The Balaban J connectivity index is 0.000000249. The molecule has 0 saturated heterocycles. The minimum Gasteiger partial charge on any atom is -0.300 e. The van der Waals surface area contributed by atoms with Crippen molar-refractivity contribution in [1.29, 1.82) is 0 Å². The summed E-state index contributed by atoms with van der Waals surface area (Å²) in [6.07, 6.45) is 8.21. The molecule has 0 amide bonds. The maximum Gasteiger partial charge on any atom is 0.132 e. The first-order valence-corrected chi connectivity index (χ1v) is 5.68. The Morgan fingerprint density at radius 3 is 2.07 bits per heavy atom. The van der Waals surface area contributed by atoms with Crippen molar-refractivity contribution in [3.8, 4) is 0 Å². The van der Waals surface area contributed by atoms with Crippen LogP contribution < -0.4 is 0 Å². The highest BCUT2D eigenvalue weighted by Gasteiger charge is 2.07. The summed E-state index contributed by atoms with van der Waals surface area (Å²) in [4.78, 5) is 20.6. The Labute approximate surface area is 87.1 Å². The zero-order valence-corrected chi connectivity index (χ0v) is 9.47. The van der Waals surface area contributed by atoms with Gasteiger partial charge in [0.15, 0.2) is 0 Å². The van der Waals surface area contributed by atoms with Crippen LogP contribution in [0.2, 0.25) is 0 Å². The Morgan fingerprint density at radius 2 is 1.79 bits per heavy atom. The maximum atomic E-state index is 10.3. The molecule has 0 aliphatic heterocycles. The molecule has 1 aliphatic carbocycles. The molecule has 0 aromatic heterocycles. The monoisotopic (exact) mass is 198 g/mol. The zero-order chi connectivity index (χ0) is 10.8. The van der Waals surface area contributed by atoms with Gasteiger partial charge in [-0.2, -0.15) is 0 Å². The molecule has 0 N–H and O–H groups in total. The van der Waals surface area contributed by atoms with Crippen molar-refractivity contribution in [1.82, 2.24) is 0 Å². The summed E-state index contributed by atoms with van der Waals surface area (Å²) >= 11 is 0. The smallest absolute Gasteiger partial charge is 0.132 e. The topological polar surface area (TPSA) is 34.1 Å². The fourth-order valence-corrected chi connectivity index (χ4v) is 1.39. The second kappa shape index (κ2) is 8.92. The van der Waals surface area contributed by atoms with E-state index in [1.807, 2.05) is 0 Å². The lowest BCUT2D eigenvalue weighted by molar-refractivity contribution is -0.118. The van der Waals surface area contributed by atoms with Crippen LogP contribution in [0.1, 0.15) is 65.2 Å². The maximum absolute atomic E-state index is 10.3. The number of rotatable bonds is 4. The minimum atomic E-state index is 0.318. The van der Waals surface area contributed by atoms with Crippen molar-refractivity contribution >= 4 is 11.6 Å². The van der Waals surface area contributed by atoms with Crippen molar-refractivity contribution < 1.29 is 9.59 Å². The van der Waals surface area contributed by atoms with E-state index in [9.17, 15) is 9.59 Å². The van der Waals surface area contributed by atoms with Gasteiger partial charge in [-0.15, -0.1) is 0 Å². The minimum absolute atomic E-state index is 0.318. The molecule has 2 heteroatoms. The summed E-state index contributed by atoms with van der Waals surface area (Å²) in [6.45, 7) is 3.79. The lowest BCUT2D eigenvalue weighted by atomic mass is 10.2. The highest BCUT2D eigenvalue weighted by molar-refractivity contribution is 5.80. The van der Waals surface area contributed by atoms with E-state index in [1.165, 1.54) is 12.8 Å². The van der Waals surface area contributed by atoms with Gasteiger partial charge in [0.25, 0.3) is 0 Å². The largest absolute Gasteiger partial charge is 0.300 e. The van der Waals surface area contributed by atoms with Crippen LogP contribution in [0.5, 0.6) is 0 Å². The molecule has 1 fully saturated rings. The molecule has 0 aromatic rings. The summed E-state index contributed by atoms with van der Waals surface area (Å²) in [5.41, 5.74) is 0. The molecule has 0 atom stereocenters. The summed E-state index contributed by atoms with van der Waals surface area (Å²) in [7, 11) is 0. The van der Waals surface area contributed by atoms with Gasteiger partial charge in [0.2, 0.25) is 0 Å². The van der Waals surface area contributed by atoms with Crippen molar-refractivity contribution in [3.63, 3.8) is 0 Å². The normalized spacial score (nSPS) is 14.9. The summed E-state index contributed by atoms with van der Waals surface area (Å²) in [5, 5.41) is 0. The molecule has 1 aliphatic rings. The van der Waals surface area contributed by atoms with Gasteiger partial charge in [0.1, 0.15) is 11.6 Å². The van der Waals surface area contributed by atoms with Crippen LogP contribution in [-0.2, 0) is 9.59 Å². The SMILES string of the molecule is CCCCCC(C)=O.O=C1CCCC1. The van der Waals surface area contributed by atoms with Gasteiger partial charge in [0.05, 0.1) is 0 Å². The Hall–Kier alpha value is -0.660. The first-order chi connectivity index (χ1) is 6.66. The van der Waals surface area contributed by atoms with E-state index in [0.29, 0.717) is 11.6 Å². The third-order valence-corrected chi connectivity index (χ3v) is 2.29. The summed E-state index contributed by atoms with van der Waals surface area (Å²) < 4.78 is 0. The van der Waals surface area contributed by atoms with Crippen molar-refractivity contribution in [3.05, 3.63) is 0 Å². The van der Waals surface area contributed by atoms with Gasteiger partial charge in [0, 0.05) is 19.3 Å². The molecule has 0 radical (unpaired) electrons. The molecular formula is C12H22O2. The van der Waals surface area contributed by atoms with E-state index >= 15 is 0 Å². The van der Waals surface area contributed by atoms with Crippen molar-refractivity contribution in [2.75, 3.05) is 0 Å². The Bertz CT molecular complexity index is 165. The fraction of sp³-hybridized carbons (Fsp3) is 0.833. The van der Waals surface area contributed by atoms with E-state index in [1.54, 1.807) is 6.92 Å². The van der Waals surface area contributed by atoms with E-state index in [2.05, 4.69) is 6.92 Å².